The number of thiol groups is 1. The molecule has 2 N–H and O–H groups in total. The smallest absolute Gasteiger partial charge is 0.283 e. The average molecular weight is 359 g/mol. The molecule has 1 unspecified atom stereocenters. The maximum atomic E-state index is 14.2. The minimum atomic E-state index is -1.36. The Hall–Kier alpha value is -2.05. The van der Waals surface area contributed by atoms with Gasteiger partial charge in [-0.15, -0.1) is 6.42 Å². The van der Waals surface area contributed by atoms with Gasteiger partial charge in [-0.05, 0) is 12.1 Å². The van der Waals surface area contributed by atoms with Crippen molar-refractivity contribution in [2.75, 3.05) is 12.5 Å². The van der Waals surface area contributed by atoms with E-state index >= 15 is 0 Å². The van der Waals surface area contributed by atoms with Gasteiger partial charge in [0.15, 0.2) is 5.82 Å². The number of hydrogen-bond donors (Lipinski definition) is 3. The number of aromatic nitrogens is 1. The van der Waals surface area contributed by atoms with Crippen LogP contribution in [-0.4, -0.2) is 17.3 Å². The zero-order chi connectivity index (χ0) is 17.2. The fourth-order valence-electron chi connectivity index (χ4n) is 1.80. The lowest BCUT2D eigenvalue weighted by atomic mass is 10.2. The molecule has 0 bridgehead atoms. The van der Waals surface area contributed by atoms with Crippen LogP contribution in [0.5, 0.6) is 5.88 Å². The van der Waals surface area contributed by atoms with Crippen molar-refractivity contribution in [3.8, 4) is 18.2 Å². The molecule has 1 aromatic carbocycles. The minimum Gasteiger partial charge on any atom is -0.477 e. The largest absolute Gasteiger partial charge is 0.477 e. The molecule has 0 spiro atoms. The molecule has 1 atom stereocenters. The third kappa shape index (κ3) is 3.48. The first-order chi connectivity index (χ1) is 10.8. The Bertz CT molecular complexity index is 796. The van der Waals surface area contributed by atoms with Crippen molar-refractivity contribution in [2.45, 2.75) is 0 Å². The highest BCUT2D eigenvalue weighted by atomic mass is 35.5. The van der Waals surface area contributed by atoms with Crippen LogP contribution in [0.1, 0.15) is 5.56 Å². The third-order valence-electron chi connectivity index (χ3n) is 2.84. The van der Waals surface area contributed by atoms with Gasteiger partial charge >= 0.3 is 0 Å². The molecule has 120 valence electrons. The number of halogens is 3. The predicted octanol–water partition coefficient (Wildman–Crippen LogP) is 3.57. The van der Waals surface area contributed by atoms with Gasteiger partial charge in [0.2, 0.25) is 0 Å². The summed E-state index contributed by atoms with van der Waals surface area (Å²) >= 11 is 9.82. The van der Waals surface area contributed by atoms with Gasteiger partial charge in [-0.25, -0.2) is 13.8 Å². The Balaban J connectivity index is 2.47. The second kappa shape index (κ2) is 6.60. The van der Waals surface area contributed by atoms with E-state index in [0.717, 1.165) is 12.1 Å². The molecule has 2 rings (SSSR count). The van der Waals surface area contributed by atoms with Crippen molar-refractivity contribution < 1.29 is 18.7 Å². The lowest BCUT2D eigenvalue weighted by Crippen LogP contribution is -2.42. The number of nitrogens with one attached hydrogen (secondary N) is 1. The van der Waals surface area contributed by atoms with Crippen LogP contribution in [0.3, 0.4) is 0 Å². The highest BCUT2D eigenvalue weighted by Gasteiger charge is 2.33. The van der Waals surface area contributed by atoms with Crippen molar-refractivity contribution in [3.63, 3.8) is 0 Å². The molecule has 0 radical (unpaired) electrons. The number of methoxy groups -OCH3 is 1. The van der Waals surface area contributed by atoms with Gasteiger partial charge in [0, 0.05) is 16.4 Å². The monoisotopic (exact) mass is 358 g/mol. The van der Waals surface area contributed by atoms with Crippen molar-refractivity contribution in [1.29, 1.82) is 0 Å². The number of quaternary nitrogens is 1. The average Bonchev–Trinajstić information content (AvgIpc) is 2.50. The molecule has 0 fully saturated rings. The number of anilines is 1. The van der Waals surface area contributed by atoms with E-state index in [1.165, 1.54) is 19.4 Å². The second-order valence-corrected chi connectivity index (χ2v) is 5.34. The zero-order valence-corrected chi connectivity index (χ0v) is 13.4. The Morgan fingerprint density at radius 3 is 2.78 bits per heavy atom. The number of nitrogens with zero attached hydrogens (tertiary/aromatic N) is 2. The summed E-state index contributed by atoms with van der Waals surface area (Å²) in [4.78, 5) is 3.87. The van der Waals surface area contributed by atoms with Crippen LogP contribution in [0, 0.1) is 24.0 Å². The van der Waals surface area contributed by atoms with Crippen molar-refractivity contribution in [1.82, 2.24) is 9.14 Å². The molecule has 0 amide bonds. The molecule has 5 nitrogen and oxygen atoms in total. The van der Waals surface area contributed by atoms with Crippen molar-refractivity contribution >= 4 is 35.8 Å². The number of rotatable bonds is 4. The first-order valence-corrected chi connectivity index (χ1v) is 6.85. The van der Waals surface area contributed by atoms with Gasteiger partial charge in [0.25, 0.3) is 11.6 Å². The molecule has 0 saturated carbocycles. The van der Waals surface area contributed by atoms with Gasteiger partial charge in [0.1, 0.15) is 24.3 Å². The van der Waals surface area contributed by atoms with E-state index in [1.807, 2.05) is 5.92 Å². The molecule has 0 aliphatic rings. The number of pyridine rings is 1. The standard InChI is InChI=1S/C14H11ClF2N3O2S/c1-3-9-10(16)4-5-11(13(9)17)19-20(21,23)12-6-8(15)7-18-14(12)22-2/h1,4-7,19,21,23H,2H3/q+1. The molecular weight excluding hydrogens is 348 g/mol. The molecule has 0 saturated heterocycles. The van der Waals surface area contributed by atoms with E-state index in [4.69, 9.17) is 22.8 Å². The van der Waals surface area contributed by atoms with E-state index in [1.54, 1.807) is 0 Å². The zero-order valence-electron chi connectivity index (χ0n) is 11.7. The summed E-state index contributed by atoms with van der Waals surface area (Å²) in [5, 5.41) is 10.6. The number of ether oxygens (including phenoxy) is 1. The molecule has 2 aromatic rings. The maximum Gasteiger partial charge on any atom is 0.283 e. The van der Waals surface area contributed by atoms with E-state index in [9.17, 15) is 14.0 Å². The summed E-state index contributed by atoms with van der Waals surface area (Å²) in [6, 6.07) is 3.34. The number of terminal acetylenes is 1. The first-order valence-electron chi connectivity index (χ1n) is 6.07. The summed E-state index contributed by atoms with van der Waals surface area (Å²) in [7, 11) is 1.32. The highest BCUT2D eigenvalue weighted by Crippen LogP contribution is 2.35. The SMILES string of the molecule is C#Cc1c(F)ccc(N[N+](O)(S)c2cc(Cl)cnc2OC)c1F. The summed E-state index contributed by atoms with van der Waals surface area (Å²) in [6.45, 7) is 0. The summed E-state index contributed by atoms with van der Waals surface area (Å²) in [5.41, 5.74) is 1.48. The third-order valence-corrected chi connectivity index (χ3v) is 3.36. The Kier molecular flexibility index (Phi) is 4.97. The van der Waals surface area contributed by atoms with Crippen LogP contribution in [-0.2, 0) is 0 Å². The Morgan fingerprint density at radius 2 is 2.17 bits per heavy atom. The molecule has 1 heterocycles. The van der Waals surface area contributed by atoms with Crippen LogP contribution < -0.4 is 14.3 Å². The van der Waals surface area contributed by atoms with Crippen LogP contribution in [0.15, 0.2) is 24.4 Å². The normalized spacial score (nSPS) is 13.1. The molecule has 9 heteroatoms. The molecule has 0 aliphatic heterocycles. The van der Waals surface area contributed by atoms with Crippen molar-refractivity contribution in [3.05, 3.63) is 46.6 Å². The molecular formula is C14H11ClF2N3O2S+. The maximum absolute atomic E-state index is 14.2. The quantitative estimate of drug-likeness (QED) is 0.338. The number of hydrogen-bond acceptors (Lipinski definition) is 5. The van der Waals surface area contributed by atoms with Crippen LogP contribution in [0.25, 0.3) is 0 Å². The van der Waals surface area contributed by atoms with E-state index < -0.39 is 21.4 Å². The Labute approximate surface area is 141 Å². The van der Waals surface area contributed by atoms with Crippen LogP contribution in [0.2, 0.25) is 5.02 Å². The first kappa shape index (κ1) is 17.3. The fraction of sp³-hybridized carbons (Fsp3) is 0.0714. The van der Waals surface area contributed by atoms with Gasteiger partial charge in [0.05, 0.1) is 17.7 Å². The highest BCUT2D eigenvalue weighted by molar-refractivity contribution is 7.79. The van der Waals surface area contributed by atoms with E-state index in [-0.39, 0.29) is 22.3 Å². The lowest BCUT2D eigenvalue weighted by molar-refractivity contribution is 0.0496. The predicted molar refractivity (Wildman–Crippen MR) is 86.3 cm³/mol. The lowest BCUT2D eigenvalue weighted by Gasteiger charge is -2.24. The fourth-order valence-corrected chi connectivity index (χ4v) is 2.20. The number of benzene rings is 1. The topological polar surface area (TPSA) is 54.4 Å². The second-order valence-electron chi connectivity index (χ2n) is 4.32. The molecule has 23 heavy (non-hydrogen) atoms. The molecule has 1 aromatic heterocycles. The van der Waals surface area contributed by atoms with Crippen LogP contribution in [0.4, 0.5) is 20.2 Å². The van der Waals surface area contributed by atoms with Gasteiger partial charge in [-0.3, -0.25) is 0 Å². The van der Waals surface area contributed by atoms with Crippen LogP contribution >= 0.6 is 24.4 Å². The Morgan fingerprint density at radius 1 is 1.48 bits per heavy atom. The van der Waals surface area contributed by atoms with Crippen molar-refractivity contribution in [2.24, 2.45) is 0 Å². The van der Waals surface area contributed by atoms with E-state index in [0.29, 0.717) is 0 Å². The summed E-state index contributed by atoms with van der Waals surface area (Å²) < 4.78 is 31.2. The van der Waals surface area contributed by atoms with Gasteiger partial charge in [-0.2, -0.15) is 10.6 Å². The van der Waals surface area contributed by atoms with Gasteiger partial charge in [-0.1, -0.05) is 17.5 Å². The van der Waals surface area contributed by atoms with Gasteiger partial charge < -0.3 is 4.74 Å². The minimum absolute atomic E-state index is 0.000840. The van der Waals surface area contributed by atoms with E-state index in [2.05, 4.69) is 23.2 Å². The summed E-state index contributed by atoms with van der Waals surface area (Å²) in [6.07, 6.45) is 6.37. The molecule has 0 aliphatic carbocycles. The summed E-state index contributed by atoms with van der Waals surface area (Å²) in [5.74, 6) is -0.0460.